The summed E-state index contributed by atoms with van der Waals surface area (Å²) in [6.07, 6.45) is 3.78. The molecule has 122 valence electrons. The summed E-state index contributed by atoms with van der Waals surface area (Å²) in [4.78, 5) is 2.61. The van der Waals surface area contributed by atoms with E-state index in [0.29, 0.717) is 11.3 Å². The highest BCUT2D eigenvalue weighted by Gasteiger charge is 2.43. The first kappa shape index (κ1) is 16.0. The molecule has 2 aliphatic heterocycles. The maximum absolute atomic E-state index is 5.70. The van der Waals surface area contributed by atoms with E-state index in [1.807, 2.05) is 7.11 Å². The molecule has 1 aromatic rings. The number of rotatable bonds is 4. The fourth-order valence-electron chi connectivity index (χ4n) is 4.07. The van der Waals surface area contributed by atoms with Gasteiger partial charge >= 0.3 is 0 Å². The van der Waals surface area contributed by atoms with E-state index in [1.165, 1.54) is 43.5 Å². The van der Waals surface area contributed by atoms with Crippen molar-refractivity contribution < 1.29 is 9.47 Å². The molecule has 0 unspecified atom stereocenters. The van der Waals surface area contributed by atoms with Gasteiger partial charge in [-0.25, -0.2) is 0 Å². The highest BCUT2D eigenvalue weighted by molar-refractivity contribution is 5.21. The molecule has 1 spiro atoms. The van der Waals surface area contributed by atoms with Crippen LogP contribution in [0.3, 0.4) is 0 Å². The number of hydrogen-bond acceptors (Lipinski definition) is 3. The van der Waals surface area contributed by atoms with Crippen molar-refractivity contribution in [3.05, 3.63) is 35.4 Å². The molecule has 1 atom stereocenters. The first-order valence-corrected chi connectivity index (χ1v) is 8.56. The van der Waals surface area contributed by atoms with Gasteiger partial charge in [-0.15, -0.1) is 0 Å². The van der Waals surface area contributed by atoms with Crippen molar-refractivity contribution >= 4 is 0 Å². The number of nitrogens with zero attached hydrogens (tertiary/aromatic N) is 1. The van der Waals surface area contributed by atoms with Crippen LogP contribution in [0.1, 0.15) is 30.4 Å². The number of methoxy groups -OCH3 is 1. The van der Waals surface area contributed by atoms with Crippen LogP contribution in [0.2, 0.25) is 0 Å². The zero-order chi connectivity index (χ0) is 15.4. The van der Waals surface area contributed by atoms with Gasteiger partial charge in [0.25, 0.3) is 0 Å². The van der Waals surface area contributed by atoms with Gasteiger partial charge in [-0.05, 0) is 50.3 Å². The number of piperidine rings is 1. The smallest absolute Gasteiger partial charge is 0.0521 e. The first-order chi connectivity index (χ1) is 10.7. The zero-order valence-electron chi connectivity index (χ0n) is 14.0. The molecule has 2 heterocycles. The highest BCUT2D eigenvalue weighted by Crippen LogP contribution is 2.44. The molecule has 22 heavy (non-hydrogen) atoms. The number of ether oxygens (including phenoxy) is 2. The Balaban J connectivity index is 1.58. The Hall–Kier alpha value is -0.900. The summed E-state index contributed by atoms with van der Waals surface area (Å²) in [7, 11) is 1.81. The van der Waals surface area contributed by atoms with E-state index < -0.39 is 0 Å². The summed E-state index contributed by atoms with van der Waals surface area (Å²) in [6, 6.07) is 8.96. The minimum absolute atomic E-state index is 0.456. The Kier molecular flexibility index (Phi) is 5.17. The van der Waals surface area contributed by atoms with Crippen LogP contribution in [-0.4, -0.2) is 44.9 Å². The summed E-state index contributed by atoms with van der Waals surface area (Å²) in [5.74, 6) is 0.577. The second kappa shape index (κ2) is 7.12. The van der Waals surface area contributed by atoms with E-state index in [1.54, 1.807) is 0 Å². The van der Waals surface area contributed by atoms with Gasteiger partial charge in [-0.1, -0.05) is 29.8 Å². The maximum atomic E-state index is 5.70. The van der Waals surface area contributed by atoms with Crippen LogP contribution >= 0.6 is 0 Å². The number of aryl methyl sites for hydroxylation is 1. The van der Waals surface area contributed by atoms with Crippen LogP contribution < -0.4 is 0 Å². The van der Waals surface area contributed by atoms with Gasteiger partial charge < -0.3 is 9.47 Å². The lowest BCUT2D eigenvalue weighted by Gasteiger charge is -2.49. The SMILES string of the molecule is COC[C@@H]1COCCC12CCN(Cc1ccc(C)cc1)CC2. The van der Waals surface area contributed by atoms with Gasteiger partial charge in [0.15, 0.2) is 0 Å². The molecular formula is C19H29NO2. The van der Waals surface area contributed by atoms with Crippen molar-refractivity contribution in [2.45, 2.75) is 32.7 Å². The van der Waals surface area contributed by atoms with Crippen LogP contribution in [0.5, 0.6) is 0 Å². The number of benzene rings is 1. The van der Waals surface area contributed by atoms with Crippen molar-refractivity contribution in [3.8, 4) is 0 Å². The highest BCUT2D eigenvalue weighted by atomic mass is 16.5. The lowest BCUT2D eigenvalue weighted by molar-refractivity contribution is -0.0951. The molecule has 1 aromatic carbocycles. The van der Waals surface area contributed by atoms with Crippen LogP contribution in [-0.2, 0) is 16.0 Å². The molecule has 3 nitrogen and oxygen atoms in total. The lowest BCUT2D eigenvalue weighted by Crippen LogP contribution is -2.49. The molecule has 0 N–H and O–H groups in total. The average molecular weight is 303 g/mol. The summed E-state index contributed by atoms with van der Waals surface area (Å²) < 4.78 is 11.2. The molecule has 0 aliphatic carbocycles. The Morgan fingerprint density at radius 3 is 2.59 bits per heavy atom. The number of hydrogen-bond donors (Lipinski definition) is 0. The molecule has 0 saturated carbocycles. The lowest BCUT2D eigenvalue weighted by atomic mass is 9.66. The summed E-state index contributed by atoms with van der Waals surface area (Å²) in [6.45, 7) is 8.29. The number of likely N-dealkylation sites (tertiary alicyclic amines) is 1. The van der Waals surface area contributed by atoms with Crippen LogP contribution in [0.25, 0.3) is 0 Å². The maximum Gasteiger partial charge on any atom is 0.0521 e. The molecule has 3 rings (SSSR count). The molecule has 2 fully saturated rings. The Morgan fingerprint density at radius 2 is 1.91 bits per heavy atom. The molecule has 2 saturated heterocycles. The summed E-state index contributed by atoms with van der Waals surface area (Å²) in [5, 5.41) is 0. The molecule has 0 amide bonds. The van der Waals surface area contributed by atoms with Crippen LogP contribution in [0.4, 0.5) is 0 Å². The van der Waals surface area contributed by atoms with E-state index in [4.69, 9.17) is 9.47 Å². The van der Waals surface area contributed by atoms with Crippen molar-refractivity contribution in [2.24, 2.45) is 11.3 Å². The molecule has 3 heteroatoms. The minimum atomic E-state index is 0.456. The van der Waals surface area contributed by atoms with E-state index in [9.17, 15) is 0 Å². The van der Waals surface area contributed by atoms with Crippen LogP contribution in [0, 0.1) is 18.3 Å². The van der Waals surface area contributed by atoms with Gasteiger partial charge in [-0.2, -0.15) is 0 Å². The molecule has 0 bridgehead atoms. The predicted octanol–water partition coefficient (Wildman–Crippen LogP) is 3.26. The second-order valence-electron chi connectivity index (χ2n) is 7.10. The third-order valence-electron chi connectivity index (χ3n) is 5.68. The van der Waals surface area contributed by atoms with E-state index in [2.05, 4.69) is 36.1 Å². The normalized spacial score (nSPS) is 25.5. The summed E-state index contributed by atoms with van der Waals surface area (Å²) in [5.41, 5.74) is 3.23. The fourth-order valence-corrected chi connectivity index (χ4v) is 4.07. The van der Waals surface area contributed by atoms with Crippen molar-refractivity contribution in [3.63, 3.8) is 0 Å². The predicted molar refractivity (Wildman–Crippen MR) is 88.9 cm³/mol. The summed E-state index contributed by atoms with van der Waals surface area (Å²) >= 11 is 0. The molecular weight excluding hydrogens is 274 g/mol. The molecule has 0 aromatic heterocycles. The van der Waals surface area contributed by atoms with Crippen molar-refractivity contribution in [1.29, 1.82) is 0 Å². The Labute approximate surface area is 134 Å². The van der Waals surface area contributed by atoms with E-state index in [-0.39, 0.29) is 0 Å². The van der Waals surface area contributed by atoms with Crippen molar-refractivity contribution in [1.82, 2.24) is 4.90 Å². The molecule has 2 aliphatic rings. The molecule has 0 radical (unpaired) electrons. The largest absolute Gasteiger partial charge is 0.384 e. The van der Waals surface area contributed by atoms with Crippen LogP contribution in [0.15, 0.2) is 24.3 Å². The standard InChI is InChI=1S/C19H29NO2/c1-16-3-5-17(6-4-16)13-20-10-7-19(8-11-20)9-12-22-15-18(19)14-21-2/h3-6,18H,7-15H2,1-2H3/t18-/m1/s1. The third kappa shape index (κ3) is 3.53. The topological polar surface area (TPSA) is 21.7 Å². The second-order valence-corrected chi connectivity index (χ2v) is 7.10. The fraction of sp³-hybridized carbons (Fsp3) is 0.684. The first-order valence-electron chi connectivity index (χ1n) is 8.56. The van der Waals surface area contributed by atoms with E-state index in [0.717, 1.165) is 26.4 Å². The van der Waals surface area contributed by atoms with Gasteiger partial charge in [0.1, 0.15) is 0 Å². The Bertz CT molecular complexity index is 461. The van der Waals surface area contributed by atoms with Gasteiger partial charge in [0, 0.05) is 26.2 Å². The van der Waals surface area contributed by atoms with Crippen molar-refractivity contribution in [2.75, 3.05) is 40.0 Å². The van der Waals surface area contributed by atoms with Gasteiger partial charge in [0.05, 0.1) is 13.2 Å². The van der Waals surface area contributed by atoms with Gasteiger partial charge in [-0.3, -0.25) is 4.90 Å². The zero-order valence-corrected chi connectivity index (χ0v) is 14.0. The third-order valence-corrected chi connectivity index (χ3v) is 5.68. The minimum Gasteiger partial charge on any atom is -0.384 e. The monoisotopic (exact) mass is 303 g/mol. The quantitative estimate of drug-likeness (QED) is 0.852. The van der Waals surface area contributed by atoms with E-state index >= 15 is 0 Å². The Morgan fingerprint density at radius 1 is 1.18 bits per heavy atom. The van der Waals surface area contributed by atoms with Gasteiger partial charge in [0.2, 0.25) is 0 Å². The average Bonchev–Trinajstić information content (AvgIpc) is 2.54.